The van der Waals surface area contributed by atoms with E-state index < -0.39 is 34.7 Å². The van der Waals surface area contributed by atoms with Gasteiger partial charge in [0.15, 0.2) is 16.3 Å². The van der Waals surface area contributed by atoms with Crippen LogP contribution < -0.4 is 0 Å². The van der Waals surface area contributed by atoms with Gasteiger partial charge in [-0.2, -0.15) is 0 Å². The molecule has 31 heavy (non-hydrogen) atoms. The number of rotatable bonds is 22. The van der Waals surface area contributed by atoms with Crippen molar-refractivity contribution in [1.29, 1.82) is 0 Å². The van der Waals surface area contributed by atoms with Gasteiger partial charge in [-0.3, -0.25) is 9.59 Å². The Morgan fingerprint density at radius 1 is 0.710 bits per heavy atom. The summed E-state index contributed by atoms with van der Waals surface area (Å²) in [5, 5.41) is -1.52. The number of carbonyl (C=O) groups excluding carboxylic acids is 2. The SMILES string of the molecule is CCCCOCCOCCOC(=O)CC(C(=O)OCCOCCOCCCC)S(=O)O. The second kappa shape index (κ2) is 22.1. The fraction of sp³-hybridized carbons (Fsp3) is 0.900. The van der Waals surface area contributed by atoms with E-state index in [0.717, 1.165) is 25.7 Å². The van der Waals surface area contributed by atoms with E-state index in [-0.39, 0.29) is 26.4 Å². The van der Waals surface area contributed by atoms with Crippen molar-refractivity contribution in [2.24, 2.45) is 0 Å². The summed E-state index contributed by atoms with van der Waals surface area (Å²) in [5.74, 6) is -1.74. The lowest BCUT2D eigenvalue weighted by Gasteiger charge is -2.13. The molecular formula is C20H38O10S. The molecule has 0 heterocycles. The summed E-state index contributed by atoms with van der Waals surface area (Å²) in [5.41, 5.74) is 0. The first-order valence-corrected chi connectivity index (χ1v) is 11.9. The maximum absolute atomic E-state index is 11.9. The molecule has 1 N–H and O–H groups in total. The van der Waals surface area contributed by atoms with Crippen LogP contribution in [0.2, 0.25) is 0 Å². The lowest BCUT2D eigenvalue weighted by Crippen LogP contribution is -2.32. The Bertz CT molecular complexity index is 475. The molecule has 0 aromatic heterocycles. The zero-order valence-corrected chi connectivity index (χ0v) is 19.5. The van der Waals surface area contributed by atoms with E-state index in [1.807, 2.05) is 0 Å². The number of esters is 2. The molecule has 0 saturated carbocycles. The van der Waals surface area contributed by atoms with Crippen LogP contribution in [-0.4, -0.2) is 92.0 Å². The van der Waals surface area contributed by atoms with Crippen LogP contribution in [0.25, 0.3) is 0 Å². The standard InChI is InChI=1S/C20H38O10S/c1-3-5-7-25-9-11-27-13-15-29-19(21)17-18(31(23)24)20(22)30-16-14-28-12-10-26-8-6-4-2/h18H,3-17H2,1-2H3,(H,23,24). The van der Waals surface area contributed by atoms with Gasteiger partial charge < -0.3 is 33.0 Å². The summed E-state index contributed by atoms with van der Waals surface area (Å²) < 4.78 is 51.6. The maximum Gasteiger partial charge on any atom is 0.324 e. The summed E-state index contributed by atoms with van der Waals surface area (Å²) in [4.78, 5) is 23.7. The molecule has 11 heteroatoms. The molecule has 0 aliphatic carbocycles. The smallest absolute Gasteiger partial charge is 0.324 e. The van der Waals surface area contributed by atoms with Gasteiger partial charge in [-0.05, 0) is 12.8 Å². The molecule has 2 unspecified atom stereocenters. The molecule has 184 valence electrons. The van der Waals surface area contributed by atoms with E-state index in [9.17, 15) is 18.4 Å². The Morgan fingerprint density at radius 3 is 1.58 bits per heavy atom. The fourth-order valence-corrected chi connectivity index (χ4v) is 2.60. The van der Waals surface area contributed by atoms with Crippen molar-refractivity contribution in [3.63, 3.8) is 0 Å². The lowest BCUT2D eigenvalue weighted by molar-refractivity contribution is -0.151. The number of unbranched alkanes of at least 4 members (excludes halogenated alkanes) is 2. The van der Waals surface area contributed by atoms with Gasteiger partial charge in [0.25, 0.3) is 0 Å². The third-order valence-corrected chi connectivity index (χ3v) is 4.70. The molecule has 2 atom stereocenters. The van der Waals surface area contributed by atoms with E-state index in [4.69, 9.17) is 28.4 Å². The van der Waals surface area contributed by atoms with Crippen molar-refractivity contribution >= 4 is 23.0 Å². The van der Waals surface area contributed by atoms with Crippen LogP contribution in [-0.2, 0) is 49.1 Å². The molecule has 0 amide bonds. The first-order valence-electron chi connectivity index (χ1n) is 10.8. The number of hydrogen-bond donors (Lipinski definition) is 1. The second-order valence-electron chi connectivity index (χ2n) is 6.51. The zero-order chi connectivity index (χ0) is 23.2. The quantitative estimate of drug-likeness (QED) is 0.142. The number of hydrogen-bond acceptors (Lipinski definition) is 9. The van der Waals surface area contributed by atoms with Crippen LogP contribution in [0.5, 0.6) is 0 Å². The van der Waals surface area contributed by atoms with Crippen molar-refractivity contribution in [1.82, 2.24) is 0 Å². The minimum Gasteiger partial charge on any atom is -0.463 e. The van der Waals surface area contributed by atoms with E-state index in [2.05, 4.69) is 13.8 Å². The van der Waals surface area contributed by atoms with Crippen molar-refractivity contribution in [3.8, 4) is 0 Å². The molecule has 0 bridgehead atoms. The number of carbonyl (C=O) groups is 2. The highest BCUT2D eigenvalue weighted by Crippen LogP contribution is 2.05. The molecule has 0 aliphatic heterocycles. The molecule has 0 saturated heterocycles. The van der Waals surface area contributed by atoms with Gasteiger partial charge in [0.1, 0.15) is 13.2 Å². The monoisotopic (exact) mass is 470 g/mol. The molecule has 0 aliphatic rings. The molecule has 0 fully saturated rings. The van der Waals surface area contributed by atoms with Gasteiger partial charge in [-0.1, -0.05) is 26.7 Å². The minimum absolute atomic E-state index is 0.0260. The van der Waals surface area contributed by atoms with Gasteiger partial charge in [-0.25, -0.2) is 4.21 Å². The van der Waals surface area contributed by atoms with Crippen LogP contribution in [0.15, 0.2) is 0 Å². The van der Waals surface area contributed by atoms with Crippen LogP contribution >= 0.6 is 0 Å². The topological polar surface area (TPSA) is 127 Å². The molecule has 0 aromatic rings. The zero-order valence-electron chi connectivity index (χ0n) is 18.7. The van der Waals surface area contributed by atoms with Gasteiger partial charge >= 0.3 is 11.9 Å². The minimum atomic E-state index is -2.57. The summed E-state index contributed by atoms with van der Waals surface area (Å²) in [6.45, 7) is 7.32. The third-order valence-electron chi connectivity index (χ3n) is 3.85. The predicted octanol–water partition coefficient (Wildman–Crippen LogP) is 1.72. The average molecular weight is 471 g/mol. The van der Waals surface area contributed by atoms with E-state index in [0.29, 0.717) is 39.6 Å². The molecule has 10 nitrogen and oxygen atoms in total. The Labute approximate surface area is 187 Å². The summed E-state index contributed by atoms with van der Waals surface area (Å²) in [6.07, 6.45) is 3.54. The largest absolute Gasteiger partial charge is 0.463 e. The summed E-state index contributed by atoms with van der Waals surface area (Å²) in [6, 6.07) is 0. The molecule has 0 spiro atoms. The van der Waals surface area contributed by atoms with Gasteiger partial charge in [0, 0.05) is 13.2 Å². The Hall–Kier alpha value is -1.11. The molecule has 0 rings (SSSR count). The third kappa shape index (κ3) is 19.3. The van der Waals surface area contributed by atoms with E-state index in [1.165, 1.54) is 0 Å². The Kier molecular flexibility index (Phi) is 21.3. The number of ether oxygens (including phenoxy) is 6. The first kappa shape index (κ1) is 29.9. The molecule has 0 radical (unpaired) electrons. The average Bonchev–Trinajstić information content (AvgIpc) is 2.74. The van der Waals surface area contributed by atoms with Crippen LogP contribution in [0.4, 0.5) is 0 Å². The van der Waals surface area contributed by atoms with Crippen LogP contribution in [0.1, 0.15) is 46.0 Å². The van der Waals surface area contributed by atoms with Crippen molar-refractivity contribution in [3.05, 3.63) is 0 Å². The maximum atomic E-state index is 11.9. The lowest BCUT2D eigenvalue weighted by atomic mass is 10.3. The molecule has 0 aromatic carbocycles. The van der Waals surface area contributed by atoms with Crippen LogP contribution in [0, 0.1) is 0 Å². The van der Waals surface area contributed by atoms with Crippen LogP contribution in [0.3, 0.4) is 0 Å². The van der Waals surface area contributed by atoms with E-state index >= 15 is 0 Å². The molecular weight excluding hydrogens is 432 g/mol. The summed E-state index contributed by atoms with van der Waals surface area (Å²) in [7, 11) is 0. The van der Waals surface area contributed by atoms with Gasteiger partial charge in [0.05, 0.1) is 46.1 Å². The fourth-order valence-electron chi connectivity index (χ4n) is 2.09. The highest BCUT2D eigenvalue weighted by molar-refractivity contribution is 7.80. The van der Waals surface area contributed by atoms with Crippen molar-refractivity contribution in [2.75, 3.05) is 66.1 Å². The van der Waals surface area contributed by atoms with Gasteiger partial charge in [0.2, 0.25) is 0 Å². The highest BCUT2D eigenvalue weighted by Gasteiger charge is 2.29. The van der Waals surface area contributed by atoms with E-state index in [1.54, 1.807) is 0 Å². The Morgan fingerprint density at radius 2 is 1.13 bits per heavy atom. The van der Waals surface area contributed by atoms with Gasteiger partial charge in [-0.15, -0.1) is 0 Å². The second-order valence-corrected chi connectivity index (χ2v) is 7.63. The van der Waals surface area contributed by atoms with Crippen molar-refractivity contribution < 1.29 is 46.8 Å². The normalized spacial score (nSPS) is 13.0. The first-order chi connectivity index (χ1) is 15.0. The predicted molar refractivity (Wildman–Crippen MR) is 114 cm³/mol. The Balaban J connectivity index is 3.84. The summed E-state index contributed by atoms with van der Waals surface area (Å²) >= 11 is -2.57. The van der Waals surface area contributed by atoms with Crippen molar-refractivity contribution in [2.45, 2.75) is 51.2 Å². The highest BCUT2D eigenvalue weighted by atomic mass is 32.2.